The molecule has 4 aromatic rings. The second-order valence-corrected chi connectivity index (χ2v) is 7.22. The van der Waals surface area contributed by atoms with Crippen LogP contribution >= 0.6 is 15.9 Å². The standard InChI is InChI=1S/C20H21BrN4/c1-25-17-11-3-2-10-16(17)23-20(25)19-14(7-4-5-12-22)13-8-6-9-15(21)18(13)24-19/h2-3,6,8-11,24H,4-5,7,12,22H2,1H3. The van der Waals surface area contributed by atoms with Crippen LogP contribution in [0.25, 0.3) is 33.5 Å². The third kappa shape index (κ3) is 2.77. The summed E-state index contributed by atoms with van der Waals surface area (Å²) >= 11 is 3.67. The molecule has 4 rings (SSSR count). The third-order valence-electron chi connectivity index (χ3n) is 4.78. The van der Waals surface area contributed by atoms with E-state index in [9.17, 15) is 0 Å². The Morgan fingerprint density at radius 2 is 1.96 bits per heavy atom. The predicted molar refractivity (Wildman–Crippen MR) is 108 cm³/mol. The molecule has 2 heterocycles. The van der Waals surface area contributed by atoms with E-state index in [2.05, 4.69) is 68.9 Å². The number of unbranched alkanes of at least 4 members (excludes halogenated alkanes) is 1. The fourth-order valence-electron chi connectivity index (χ4n) is 3.50. The molecule has 0 bridgehead atoms. The molecule has 25 heavy (non-hydrogen) atoms. The zero-order valence-electron chi connectivity index (χ0n) is 14.2. The minimum Gasteiger partial charge on any atom is -0.351 e. The molecule has 4 nitrogen and oxygen atoms in total. The van der Waals surface area contributed by atoms with Gasteiger partial charge in [-0.15, -0.1) is 0 Å². The van der Waals surface area contributed by atoms with Crippen LogP contribution < -0.4 is 5.73 Å². The van der Waals surface area contributed by atoms with Crippen molar-refractivity contribution in [1.82, 2.24) is 14.5 Å². The summed E-state index contributed by atoms with van der Waals surface area (Å²) in [6.45, 7) is 0.730. The largest absolute Gasteiger partial charge is 0.351 e. The average Bonchev–Trinajstić information content (AvgIpc) is 3.15. The second-order valence-electron chi connectivity index (χ2n) is 6.37. The fourth-order valence-corrected chi connectivity index (χ4v) is 3.97. The molecule has 0 amide bonds. The first-order chi connectivity index (χ1) is 12.2. The molecule has 2 aromatic carbocycles. The Morgan fingerprint density at radius 1 is 1.12 bits per heavy atom. The van der Waals surface area contributed by atoms with Crippen molar-refractivity contribution in [2.24, 2.45) is 12.8 Å². The SMILES string of the molecule is Cn1c(-c2[nH]c3c(Br)cccc3c2CCCCN)nc2ccccc21. The van der Waals surface area contributed by atoms with E-state index in [1.807, 2.05) is 6.07 Å². The zero-order valence-corrected chi connectivity index (χ0v) is 15.8. The van der Waals surface area contributed by atoms with E-state index in [1.54, 1.807) is 0 Å². The van der Waals surface area contributed by atoms with Gasteiger partial charge in [-0.2, -0.15) is 0 Å². The van der Waals surface area contributed by atoms with E-state index in [4.69, 9.17) is 10.7 Å². The highest BCUT2D eigenvalue weighted by atomic mass is 79.9. The minimum absolute atomic E-state index is 0.730. The maximum absolute atomic E-state index is 5.70. The summed E-state index contributed by atoms with van der Waals surface area (Å²) in [4.78, 5) is 8.50. The van der Waals surface area contributed by atoms with Crippen LogP contribution in [0.2, 0.25) is 0 Å². The van der Waals surface area contributed by atoms with Crippen LogP contribution in [0, 0.1) is 0 Å². The normalized spacial score (nSPS) is 11.6. The average molecular weight is 397 g/mol. The quantitative estimate of drug-likeness (QED) is 0.477. The van der Waals surface area contributed by atoms with E-state index >= 15 is 0 Å². The molecule has 0 fully saturated rings. The van der Waals surface area contributed by atoms with E-state index in [1.165, 1.54) is 10.9 Å². The van der Waals surface area contributed by atoms with Gasteiger partial charge in [0.15, 0.2) is 5.82 Å². The summed E-state index contributed by atoms with van der Waals surface area (Å²) in [6, 6.07) is 14.6. The van der Waals surface area contributed by atoms with Crippen molar-refractivity contribution in [3.63, 3.8) is 0 Å². The monoisotopic (exact) mass is 396 g/mol. The highest BCUT2D eigenvalue weighted by Gasteiger charge is 2.19. The van der Waals surface area contributed by atoms with Crippen LogP contribution in [0.4, 0.5) is 0 Å². The first-order valence-corrected chi connectivity index (χ1v) is 9.41. The van der Waals surface area contributed by atoms with Crippen LogP contribution in [-0.4, -0.2) is 21.1 Å². The number of fused-ring (bicyclic) bond motifs is 2. The van der Waals surface area contributed by atoms with Crippen molar-refractivity contribution < 1.29 is 0 Å². The number of imidazole rings is 1. The van der Waals surface area contributed by atoms with Gasteiger partial charge in [-0.1, -0.05) is 24.3 Å². The van der Waals surface area contributed by atoms with Crippen LogP contribution in [-0.2, 0) is 13.5 Å². The second kappa shape index (κ2) is 6.65. The highest BCUT2D eigenvalue weighted by Crippen LogP contribution is 2.35. The Kier molecular flexibility index (Phi) is 4.36. The molecule has 3 N–H and O–H groups in total. The van der Waals surface area contributed by atoms with Gasteiger partial charge in [0.25, 0.3) is 0 Å². The molecular weight excluding hydrogens is 376 g/mol. The van der Waals surface area contributed by atoms with E-state index in [0.29, 0.717) is 0 Å². The Bertz CT molecular complexity index is 1040. The van der Waals surface area contributed by atoms with Crippen molar-refractivity contribution in [3.05, 3.63) is 52.5 Å². The van der Waals surface area contributed by atoms with Crippen molar-refractivity contribution in [3.8, 4) is 11.5 Å². The Hall–Kier alpha value is -2.11. The van der Waals surface area contributed by atoms with Gasteiger partial charge >= 0.3 is 0 Å². The van der Waals surface area contributed by atoms with Gasteiger partial charge in [-0.05, 0) is 65.5 Å². The molecule has 0 spiro atoms. The van der Waals surface area contributed by atoms with Gasteiger partial charge in [-0.3, -0.25) is 0 Å². The molecule has 0 aliphatic carbocycles. The van der Waals surface area contributed by atoms with Gasteiger partial charge < -0.3 is 15.3 Å². The fraction of sp³-hybridized carbons (Fsp3) is 0.250. The number of nitrogens with two attached hydrogens (primary N) is 1. The number of H-pyrrole nitrogens is 1. The number of rotatable bonds is 5. The number of halogens is 1. The molecule has 0 saturated heterocycles. The Balaban J connectivity index is 1.94. The number of para-hydroxylation sites is 3. The molecule has 2 aromatic heterocycles. The van der Waals surface area contributed by atoms with E-state index < -0.39 is 0 Å². The topological polar surface area (TPSA) is 59.6 Å². The first kappa shape index (κ1) is 16.4. The summed E-state index contributed by atoms with van der Waals surface area (Å²) < 4.78 is 3.25. The number of benzene rings is 2. The maximum Gasteiger partial charge on any atom is 0.157 e. The minimum atomic E-state index is 0.730. The molecule has 0 unspecified atom stereocenters. The summed E-state index contributed by atoms with van der Waals surface area (Å²) in [5.74, 6) is 0.979. The van der Waals surface area contributed by atoms with Gasteiger partial charge in [0.2, 0.25) is 0 Å². The highest BCUT2D eigenvalue weighted by molar-refractivity contribution is 9.10. The number of hydrogen-bond acceptors (Lipinski definition) is 2. The van der Waals surface area contributed by atoms with Crippen LogP contribution in [0.1, 0.15) is 18.4 Å². The molecule has 0 aliphatic heterocycles. The molecule has 0 radical (unpaired) electrons. The van der Waals surface area contributed by atoms with Gasteiger partial charge in [0.1, 0.15) is 0 Å². The van der Waals surface area contributed by atoms with Crippen molar-refractivity contribution in [1.29, 1.82) is 0 Å². The molecule has 5 heteroatoms. The molecule has 0 saturated carbocycles. The van der Waals surface area contributed by atoms with E-state index in [0.717, 1.165) is 58.3 Å². The number of hydrogen-bond donors (Lipinski definition) is 2. The zero-order chi connectivity index (χ0) is 17.4. The lowest BCUT2D eigenvalue weighted by Gasteiger charge is -2.05. The summed E-state index contributed by atoms with van der Waals surface area (Å²) in [5, 5.41) is 1.26. The lowest BCUT2D eigenvalue weighted by molar-refractivity contribution is 0.747. The van der Waals surface area contributed by atoms with Crippen molar-refractivity contribution in [2.75, 3.05) is 6.54 Å². The molecule has 128 valence electrons. The predicted octanol–water partition coefficient (Wildman–Crippen LogP) is 4.77. The smallest absolute Gasteiger partial charge is 0.157 e. The van der Waals surface area contributed by atoms with Crippen molar-refractivity contribution in [2.45, 2.75) is 19.3 Å². The lowest BCUT2D eigenvalue weighted by Crippen LogP contribution is -2.00. The molecule has 0 aliphatic rings. The summed E-state index contributed by atoms with van der Waals surface area (Å²) in [6.07, 6.45) is 3.10. The number of aromatic nitrogens is 3. The van der Waals surface area contributed by atoms with Crippen LogP contribution in [0.15, 0.2) is 46.9 Å². The number of nitrogens with zero attached hydrogens (tertiary/aromatic N) is 2. The van der Waals surface area contributed by atoms with E-state index in [-0.39, 0.29) is 0 Å². The Labute approximate surface area is 155 Å². The van der Waals surface area contributed by atoms with Gasteiger partial charge in [0.05, 0.1) is 22.2 Å². The lowest BCUT2D eigenvalue weighted by atomic mass is 10.0. The Morgan fingerprint density at radius 3 is 2.76 bits per heavy atom. The van der Waals surface area contributed by atoms with Crippen LogP contribution in [0.5, 0.6) is 0 Å². The molecule has 0 atom stereocenters. The molecular formula is C20H21BrN4. The van der Waals surface area contributed by atoms with Crippen molar-refractivity contribution >= 4 is 37.9 Å². The van der Waals surface area contributed by atoms with Crippen LogP contribution in [0.3, 0.4) is 0 Å². The first-order valence-electron chi connectivity index (χ1n) is 8.61. The summed E-state index contributed by atoms with van der Waals surface area (Å²) in [5.41, 5.74) is 11.4. The summed E-state index contributed by atoms with van der Waals surface area (Å²) in [7, 11) is 2.08. The maximum atomic E-state index is 5.70. The number of aryl methyl sites for hydroxylation is 2. The van der Waals surface area contributed by atoms with Gasteiger partial charge in [-0.25, -0.2) is 4.98 Å². The third-order valence-corrected chi connectivity index (χ3v) is 5.44. The number of aromatic amines is 1. The van der Waals surface area contributed by atoms with Gasteiger partial charge in [0, 0.05) is 16.9 Å². The number of nitrogens with one attached hydrogen (secondary N) is 1.